The van der Waals surface area contributed by atoms with Crippen molar-refractivity contribution in [2.24, 2.45) is 0 Å². The number of pyridine rings is 1. The van der Waals surface area contributed by atoms with Gasteiger partial charge < -0.3 is 17.7 Å². The molecular weight excluding hydrogens is 315 g/mol. The molecule has 112 valence electrons. The fraction of sp³-hybridized carbons (Fsp3) is 0.167. The van der Waals surface area contributed by atoms with Crippen LogP contribution < -0.4 is 17.7 Å². The lowest BCUT2D eigenvalue weighted by molar-refractivity contribution is -0.00000409. The average molecular weight is 330 g/mol. The maximum absolute atomic E-state index is 6.22. The molecule has 0 amide bonds. The van der Waals surface area contributed by atoms with Crippen LogP contribution in [0.3, 0.4) is 0 Å². The van der Waals surface area contributed by atoms with Crippen molar-refractivity contribution in [1.29, 1.82) is 0 Å². The predicted molar refractivity (Wildman–Crippen MR) is 87.6 cm³/mol. The average Bonchev–Trinajstić information content (AvgIpc) is 2.53. The smallest absolute Gasteiger partial charge is 0.0712 e. The second-order valence-corrected chi connectivity index (χ2v) is 5.80. The van der Waals surface area contributed by atoms with E-state index in [9.17, 15) is 0 Å². The van der Waals surface area contributed by atoms with E-state index in [-0.39, 0.29) is 12.4 Å². The topological polar surface area (TPSA) is 24.9 Å². The molecule has 1 aliphatic rings. The van der Waals surface area contributed by atoms with Crippen LogP contribution in [0.15, 0.2) is 48.5 Å². The molecule has 0 unspecified atom stereocenters. The summed E-state index contributed by atoms with van der Waals surface area (Å²) < 4.78 is 0. The fourth-order valence-electron chi connectivity index (χ4n) is 3.08. The molecule has 1 N–H and O–H groups in total. The van der Waals surface area contributed by atoms with Crippen LogP contribution in [0, 0.1) is 0 Å². The third-order valence-corrected chi connectivity index (χ3v) is 4.27. The highest BCUT2D eigenvalue weighted by Gasteiger charge is 2.18. The summed E-state index contributed by atoms with van der Waals surface area (Å²) in [5.41, 5.74) is 6.04. The molecule has 0 spiro atoms. The quantitative estimate of drug-likeness (QED) is 0.725. The van der Waals surface area contributed by atoms with Gasteiger partial charge in [0, 0.05) is 35.6 Å². The molecule has 1 aliphatic heterocycles. The highest BCUT2D eigenvalue weighted by atomic mass is 35.5. The van der Waals surface area contributed by atoms with Crippen LogP contribution in [0.2, 0.25) is 5.02 Å². The van der Waals surface area contributed by atoms with E-state index in [1.165, 1.54) is 22.4 Å². The van der Waals surface area contributed by atoms with Crippen molar-refractivity contribution in [3.63, 3.8) is 0 Å². The van der Waals surface area contributed by atoms with Crippen LogP contribution in [0.25, 0.3) is 22.0 Å². The summed E-state index contributed by atoms with van der Waals surface area (Å²) in [6.07, 6.45) is 0.980. The van der Waals surface area contributed by atoms with Gasteiger partial charge >= 0.3 is 0 Å². The number of fused-ring (bicyclic) bond motifs is 2. The molecule has 2 heterocycles. The van der Waals surface area contributed by atoms with Gasteiger partial charge in [0.05, 0.1) is 5.52 Å². The Kier molecular flexibility index (Phi) is 4.34. The van der Waals surface area contributed by atoms with E-state index < -0.39 is 0 Å². The molecule has 4 heteroatoms. The zero-order valence-electron chi connectivity index (χ0n) is 11.9. The fourth-order valence-corrected chi connectivity index (χ4v) is 3.25. The van der Waals surface area contributed by atoms with Crippen LogP contribution in [0.1, 0.15) is 11.3 Å². The Morgan fingerprint density at radius 1 is 1.05 bits per heavy atom. The Morgan fingerprint density at radius 3 is 2.68 bits per heavy atom. The minimum Gasteiger partial charge on any atom is -1.00 e. The van der Waals surface area contributed by atoms with Gasteiger partial charge in [0.2, 0.25) is 0 Å². The number of rotatable bonds is 1. The van der Waals surface area contributed by atoms with Gasteiger partial charge in [-0.25, -0.2) is 0 Å². The highest BCUT2D eigenvalue weighted by molar-refractivity contribution is 6.31. The van der Waals surface area contributed by atoms with Crippen molar-refractivity contribution >= 4 is 22.5 Å². The summed E-state index contributed by atoms with van der Waals surface area (Å²) in [6, 6.07) is 16.5. The maximum Gasteiger partial charge on any atom is 0.0712 e. The number of hydrogen-bond donors (Lipinski definition) is 1. The second-order valence-electron chi connectivity index (χ2n) is 5.37. The largest absolute Gasteiger partial charge is 1.00 e. The van der Waals surface area contributed by atoms with E-state index in [0.29, 0.717) is 0 Å². The maximum atomic E-state index is 6.22. The van der Waals surface area contributed by atoms with E-state index in [0.717, 1.165) is 35.4 Å². The van der Waals surface area contributed by atoms with Crippen LogP contribution in [-0.4, -0.2) is 11.5 Å². The van der Waals surface area contributed by atoms with Crippen molar-refractivity contribution in [2.45, 2.75) is 13.0 Å². The zero-order chi connectivity index (χ0) is 14.2. The minimum atomic E-state index is 0. The van der Waals surface area contributed by atoms with Gasteiger partial charge in [-0.2, -0.15) is 0 Å². The SMILES string of the molecule is Clc1ccc2nc3c(c(-c4ccccc4)c2c1)CNCC3.[Cl-]. The number of halogens is 2. The van der Waals surface area contributed by atoms with Crippen LogP contribution in [0.4, 0.5) is 0 Å². The summed E-state index contributed by atoms with van der Waals surface area (Å²) in [6.45, 7) is 1.86. The third kappa shape index (κ3) is 2.58. The molecule has 1 aromatic heterocycles. The first-order chi connectivity index (χ1) is 10.3. The number of aromatic nitrogens is 1. The monoisotopic (exact) mass is 329 g/mol. The van der Waals surface area contributed by atoms with E-state index in [4.69, 9.17) is 16.6 Å². The molecule has 2 aromatic carbocycles. The van der Waals surface area contributed by atoms with Gasteiger partial charge in [-0.3, -0.25) is 4.98 Å². The van der Waals surface area contributed by atoms with Crippen molar-refractivity contribution in [1.82, 2.24) is 10.3 Å². The van der Waals surface area contributed by atoms with Gasteiger partial charge in [-0.15, -0.1) is 0 Å². The summed E-state index contributed by atoms with van der Waals surface area (Å²) in [5.74, 6) is 0. The first-order valence-electron chi connectivity index (χ1n) is 7.20. The van der Waals surface area contributed by atoms with Crippen molar-refractivity contribution < 1.29 is 12.4 Å². The van der Waals surface area contributed by atoms with Crippen molar-refractivity contribution in [3.8, 4) is 11.1 Å². The lowest BCUT2D eigenvalue weighted by atomic mass is 9.92. The molecule has 0 bridgehead atoms. The first kappa shape index (κ1) is 15.3. The number of hydrogen-bond acceptors (Lipinski definition) is 2. The first-order valence-corrected chi connectivity index (χ1v) is 7.58. The molecule has 0 saturated heterocycles. The molecule has 0 fully saturated rings. The van der Waals surface area contributed by atoms with Gasteiger partial charge in [0.1, 0.15) is 0 Å². The molecule has 0 saturated carbocycles. The Balaban J connectivity index is 0.00000144. The third-order valence-electron chi connectivity index (χ3n) is 4.04. The standard InChI is InChI=1S/C18H15ClN2.ClH/c19-13-6-7-16-14(10-13)18(12-4-2-1-3-5-12)15-11-20-9-8-17(15)21-16;/h1-7,10,20H,8-9,11H2;1H/p-1. The van der Waals surface area contributed by atoms with Crippen molar-refractivity contribution in [2.75, 3.05) is 6.54 Å². The number of nitrogens with one attached hydrogen (secondary N) is 1. The molecule has 3 aromatic rings. The Bertz CT molecular complexity index is 816. The Hall–Kier alpha value is -1.61. The van der Waals surface area contributed by atoms with Crippen LogP contribution in [-0.2, 0) is 13.0 Å². The molecule has 0 aliphatic carbocycles. The molecule has 22 heavy (non-hydrogen) atoms. The lowest BCUT2D eigenvalue weighted by Gasteiger charge is -2.22. The lowest BCUT2D eigenvalue weighted by Crippen LogP contribution is -3.00. The molecule has 0 atom stereocenters. The normalized spacial score (nSPS) is 13.5. The van der Waals surface area contributed by atoms with Crippen molar-refractivity contribution in [3.05, 3.63) is 64.8 Å². The Labute approximate surface area is 140 Å². The molecule has 2 nitrogen and oxygen atoms in total. The van der Waals surface area contributed by atoms with Gasteiger partial charge in [0.25, 0.3) is 0 Å². The Morgan fingerprint density at radius 2 is 1.86 bits per heavy atom. The van der Waals surface area contributed by atoms with Gasteiger partial charge in [-0.1, -0.05) is 41.9 Å². The highest BCUT2D eigenvalue weighted by Crippen LogP contribution is 2.35. The van der Waals surface area contributed by atoms with Crippen LogP contribution >= 0.6 is 11.6 Å². The van der Waals surface area contributed by atoms with E-state index in [2.05, 4.69) is 29.6 Å². The van der Waals surface area contributed by atoms with Crippen LogP contribution in [0.5, 0.6) is 0 Å². The van der Waals surface area contributed by atoms with E-state index in [1.807, 2.05) is 24.3 Å². The number of benzene rings is 2. The summed E-state index contributed by atoms with van der Waals surface area (Å²) in [4.78, 5) is 4.84. The molecular formula is C18H15Cl2N2-. The summed E-state index contributed by atoms with van der Waals surface area (Å²) in [7, 11) is 0. The molecule has 0 radical (unpaired) electrons. The van der Waals surface area contributed by atoms with Gasteiger partial charge in [-0.05, 0) is 34.9 Å². The summed E-state index contributed by atoms with van der Waals surface area (Å²) in [5, 5.41) is 5.35. The summed E-state index contributed by atoms with van der Waals surface area (Å²) >= 11 is 6.22. The van der Waals surface area contributed by atoms with E-state index >= 15 is 0 Å². The van der Waals surface area contributed by atoms with Gasteiger partial charge in [0.15, 0.2) is 0 Å². The predicted octanol–water partition coefficient (Wildman–Crippen LogP) is 1.20. The minimum absolute atomic E-state index is 0. The second kappa shape index (κ2) is 6.25. The molecule has 4 rings (SSSR count). The van der Waals surface area contributed by atoms with E-state index in [1.54, 1.807) is 0 Å². The zero-order valence-corrected chi connectivity index (χ0v) is 13.5. The number of nitrogens with zero attached hydrogens (tertiary/aromatic N) is 1.